The summed E-state index contributed by atoms with van der Waals surface area (Å²) in [5.41, 5.74) is 1.97. The zero-order chi connectivity index (χ0) is 16.9. The molecule has 6 nitrogen and oxygen atoms in total. The van der Waals surface area contributed by atoms with E-state index in [0.717, 1.165) is 50.0 Å². The lowest BCUT2D eigenvalue weighted by molar-refractivity contribution is 0.00309. The molecule has 1 aromatic heterocycles. The number of carbonyl (C=O) groups excluding carboxylic acids is 1. The summed E-state index contributed by atoms with van der Waals surface area (Å²) in [7, 11) is 0. The van der Waals surface area contributed by atoms with Crippen molar-refractivity contribution in [3.63, 3.8) is 0 Å². The number of nitrogens with one attached hydrogen (secondary N) is 2. The van der Waals surface area contributed by atoms with Crippen LogP contribution in [-0.4, -0.2) is 40.1 Å². The predicted octanol–water partition coefficient (Wildman–Crippen LogP) is 2.13. The Morgan fingerprint density at radius 2 is 2.22 bits per heavy atom. The van der Waals surface area contributed by atoms with Crippen LogP contribution in [0, 0.1) is 19.3 Å². The maximum absolute atomic E-state index is 11.9. The first kappa shape index (κ1) is 17.8. The van der Waals surface area contributed by atoms with Gasteiger partial charge in [-0.3, -0.25) is 4.68 Å². The number of urea groups is 1. The van der Waals surface area contributed by atoms with Crippen molar-refractivity contribution in [3.05, 3.63) is 17.5 Å². The molecule has 1 saturated carbocycles. The Morgan fingerprint density at radius 3 is 2.87 bits per heavy atom. The summed E-state index contributed by atoms with van der Waals surface area (Å²) in [6, 6.07) is 1.90. The normalized spacial score (nSPS) is 24.4. The van der Waals surface area contributed by atoms with Gasteiger partial charge in [-0.2, -0.15) is 5.10 Å². The van der Waals surface area contributed by atoms with E-state index in [-0.39, 0.29) is 17.6 Å². The van der Waals surface area contributed by atoms with Crippen LogP contribution in [0.3, 0.4) is 0 Å². The van der Waals surface area contributed by atoms with E-state index in [4.69, 9.17) is 0 Å². The van der Waals surface area contributed by atoms with Gasteiger partial charge in [-0.05, 0) is 39.2 Å². The average molecular weight is 322 g/mol. The van der Waals surface area contributed by atoms with Gasteiger partial charge in [0.2, 0.25) is 0 Å². The van der Waals surface area contributed by atoms with Crippen LogP contribution in [0.1, 0.15) is 50.4 Å². The molecule has 0 aromatic carbocycles. The van der Waals surface area contributed by atoms with Crippen molar-refractivity contribution in [1.82, 2.24) is 20.4 Å². The Labute approximate surface area is 138 Å². The van der Waals surface area contributed by atoms with Crippen molar-refractivity contribution in [2.24, 2.45) is 5.41 Å². The largest absolute Gasteiger partial charge is 0.392 e. The number of aliphatic hydroxyl groups is 1. The molecule has 0 aliphatic heterocycles. The third-order valence-corrected chi connectivity index (χ3v) is 4.87. The summed E-state index contributed by atoms with van der Waals surface area (Å²) in [6.45, 7) is 8.02. The van der Waals surface area contributed by atoms with E-state index >= 15 is 0 Å². The van der Waals surface area contributed by atoms with Crippen molar-refractivity contribution in [1.29, 1.82) is 0 Å². The molecular weight excluding hydrogens is 292 g/mol. The fourth-order valence-corrected chi connectivity index (χ4v) is 3.26. The lowest BCUT2D eigenvalue weighted by atomic mass is 9.73. The molecule has 23 heavy (non-hydrogen) atoms. The highest BCUT2D eigenvalue weighted by molar-refractivity contribution is 5.73. The van der Waals surface area contributed by atoms with E-state index in [1.807, 2.05) is 18.5 Å². The van der Waals surface area contributed by atoms with Gasteiger partial charge in [0, 0.05) is 30.7 Å². The number of nitrogens with zero attached hydrogens (tertiary/aromatic N) is 2. The molecule has 1 aliphatic rings. The highest BCUT2D eigenvalue weighted by Crippen LogP contribution is 2.35. The van der Waals surface area contributed by atoms with E-state index in [0.29, 0.717) is 13.1 Å². The molecule has 2 unspecified atom stereocenters. The second kappa shape index (κ2) is 7.81. The van der Waals surface area contributed by atoms with Gasteiger partial charge in [-0.15, -0.1) is 0 Å². The number of aromatic nitrogens is 2. The van der Waals surface area contributed by atoms with Crippen LogP contribution in [0.5, 0.6) is 0 Å². The van der Waals surface area contributed by atoms with Gasteiger partial charge in [-0.25, -0.2) is 4.79 Å². The second-order valence-electron chi connectivity index (χ2n) is 7.03. The molecule has 6 heteroatoms. The lowest BCUT2D eigenvalue weighted by Gasteiger charge is -2.38. The molecule has 1 aromatic rings. The lowest BCUT2D eigenvalue weighted by Crippen LogP contribution is -2.47. The van der Waals surface area contributed by atoms with Crippen molar-refractivity contribution in [3.8, 4) is 0 Å². The van der Waals surface area contributed by atoms with Crippen LogP contribution in [0.25, 0.3) is 0 Å². The number of hydrogen-bond donors (Lipinski definition) is 3. The van der Waals surface area contributed by atoms with Gasteiger partial charge in [0.15, 0.2) is 0 Å². The van der Waals surface area contributed by atoms with Crippen LogP contribution in [0.4, 0.5) is 4.79 Å². The van der Waals surface area contributed by atoms with Crippen LogP contribution in [-0.2, 0) is 6.54 Å². The predicted molar refractivity (Wildman–Crippen MR) is 90.3 cm³/mol. The average Bonchev–Trinajstić information content (AvgIpc) is 2.83. The van der Waals surface area contributed by atoms with Gasteiger partial charge in [0.25, 0.3) is 0 Å². The topological polar surface area (TPSA) is 79.2 Å². The van der Waals surface area contributed by atoms with Crippen LogP contribution < -0.4 is 10.6 Å². The minimum Gasteiger partial charge on any atom is -0.392 e. The monoisotopic (exact) mass is 322 g/mol. The quantitative estimate of drug-likeness (QED) is 0.702. The van der Waals surface area contributed by atoms with Crippen LogP contribution in [0.15, 0.2) is 6.07 Å². The first-order valence-corrected chi connectivity index (χ1v) is 8.61. The molecule has 2 rings (SSSR count). The number of amides is 2. The number of aliphatic hydroxyl groups excluding tert-OH is 1. The summed E-state index contributed by atoms with van der Waals surface area (Å²) in [5.74, 6) is 0. The molecule has 0 radical (unpaired) electrons. The maximum Gasteiger partial charge on any atom is 0.314 e. The highest BCUT2D eigenvalue weighted by atomic mass is 16.3. The third kappa shape index (κ3) is 4.96. The minimum absolute atomic E-state index is 0.155. The number of rotatable bonds is 6. The van der Waals surface area contributed by atoms with Gasteiger partial charge >= 0.3 is 6.03 Å². The fraction of sp³-hybridized carbons (Fsp3) is 0.765. The molecule has 0 saturated heterocycles. The zero-order valence-corrected chi connectivity index (χ0v) is 14.6. The summed E-state index contributed by atoms with van der Waals surface area (Å²) < 4.78 is 1.97. The Bertz CT molecular complexity index is 529. The minimum atomic E-state index is -0.317. The van der Waals surface area contributed by atoms with Crippen LogP contribution in [0.2, 0.25) is 0 Å². The first-order valence-electron chi connectivity index (χ1n) is 8.61. The summed E-state index contributed by atoms with van der Waals surface area (Å²) in [6.07, 6.45) is 4.53. The van der Waals surface area contributed by atoms with E-state index < -0.39 is 0 Å². The molecule has 2 atom stereocenters. The molecule has 1 heterocycles. The number of carbonyl (C=O) groups is 1. The smallest absolute Gasteiger partial charge is 0.314 e. The van der Waals surface area contributed by atoms with E-state index in [2.05, 4.69) is 28.7 Å². The molecule has 130 valence electrons. The Hall–Kier alpha value is -1.56. The second-order valence-corrected chi connectivity index (χ2v) is 7.03. The SMILES string of the molecule is Cc1cc(C)n(CCCNC(=O)NCC2(C)CCCCC2O)n1. The van der Waals surface area contributed by atoms with E-state index in [1.165, 1.54) is 0 Å². The molecule has 2 amide bonds. The third-order valence-electron chi connectivity index (χ3n) is 4.87. The summed E-state index contributed by atoms with van der Waals surface area (Å²) >= 11 is 0. The summed E-state index contributed by atoms with van der Waals surface area (Å²) in [4.78, 5) is 11.9. The Kier molecular flexibility index (Phi) is 6.04. The highest BCUT2D eigenvalue weighted by Gasteiger charge is 2.35. The standard InChI is InChI=1S/C17H30N4O2/c1-13-11-14(2)21(20-13)10-6-9-18-16(23)19-12-17(3)8-5-4-7-15(17)22/h11,15,22H,4-10,12H2,1-3H3,(H2,18,19,23). The van der Waals surface area contributed by atoms with Crippen molar-refractivity contribution >= 4 is 6.03 Å². The number of aryl methyl sites for hydroxylation is 3. The molecule has 1 aliphatic carbocycles. The molecule has 0 bridgehead atoms. The Morgan fingerprint density at radius 1 is 1.43 bits per heavy atom. The first-order chi connectivity index (χ1) is 10.9. The molecule has 3 N–H and O–H groups in total. The van der Waals surface area contributed by atoms with E-state index in [1.54, 1.807) is 0 Å². The van der Waals surface area contributed by atoms with Crippen molar-refractivity contribution in [2.45, 2.75) is 65.5 Å². The van der Waals surface area contributed by atoms with Gasteiger partial charge < -0.3 is 15.7 Å². The number of hydrogen-bond acceptors (Lipinski definition) is 3. The van der Waals surface area contributed by atoms with Gasteiger partial charge in [-0.1, -0.05) is 19.8 Å². The zero-order valence-electron chi connectivity index (χ0n) is 14.6. The van der Waals surface area contributed by atoms with Gasteiger partial charge in [0.05, 0.1) is 11.8 Å². The Balaban J connectivity index is 1.64. The van der Waals surface area contributed by atoms with Crippen molar-refractivity contribution in [2.75, 3.05) is 13.1 Å². The molecular formula is C17H30N4O2. The van der Waals surface area contributed by atoms with Crippen molar-refractivity contribution < 1.29 is 9.90 Å². The maximum atomic E-state index is 11.9. The fourth-order valence-electron chi connectivity index (χ4n) is 3.26. The molecule has 1 fully saturated rings. The van der Waals surface area contributed by atoms with Crippen LogP contribution >= 0.6 is 0 Å². The van der Waals surface area contributed by atoms with Gasteiger partial charge in [0.1, 0.15) is 0 Å². The van der Waals surface area contributed by atoms with E-state index in [9.17, 15) is 9.90 Å². The molecule has 0 spiro atoms. The summed E-state index contributed by atoms with van der Waals surface area (Å²) in [5, 5.41) is 20.3.